The fourth-order valence-electron chi connectivity index (χ4n) is 3.04. The van der Waals surface area contributed by atoms with Crippen LogP contribution in [0.15, 0.2) is 23.6 Å². The quantitative estimate of drug-likeness (QED) is 0.855. The lowest BCUT2D eigenvalue weighted by atomic mass is 9.93. The van der Waals surface area contributed by atoms with E-state index in [9.17, 15) is 9.90 Å². The van der Waals surface area contributed by atoms with Gasteiger partial charge >= 0.3 is 0 Å². The Kier molecular flexibility index (Phi) is 5.55. The van der Waals surface area contributed by atoms with E-state index in [1.165, 1.54) is 11.3 Å². The van der Waals surface area contributed by atoms with Crippen LogP contribution in [-0.2, 0) is 0 Å². The number of ether oxygens (including phenoxy) is 2. The van der Waals surface area contributed by atoms with Crippen molar-refractivity contribution in [3.63, 3.8) is 0 Å². The summed E-state index contributed by atoms with van der Waals surface area (Å²) >= 11 is 1.39. The molecule has 1 fully saturated rings. The molecule has 0 unspecified atom stereocenters. The number of nitrogens with zero attached hydrogens (tertiary/aromatic N) is 1. The number of amides is 1. The summed E-state index contributed by atoms with van der Waals surface area (Å²) in [4.78, 5) is 16.9. The molecule has 1 amide bonds. The molecule has 1 aliphatic carbocycles. The Bertz CT molecular complexity index is 738. The third-order valence-electron chi connectivity index (χ3n) is 4.40. The molecule has 25 heavy (non-hydrogen) atoms. The predicted molar refractivity (Wildman–Crippen MR) is 96.4 cm³/mol. The maximum atomic E-state index is 12.4. The fraction of sp³-hybridized carbons (Fsp3) is 0.444. The van der Waals surface area contributed by atoms with Crippen molar-refractivity contribution in [2.24, 2.45) is 0 Å². The number of thiazole rings is 1. The van der Waals surface area contributed by atoms with Crippen molar-refractivity contribution >= 4 is 17.2 Å². The zero-order valence-electron chi connectivity index (χ0n) is 14.3. The largest absolute Gasteiger partial charge is 0.493 e. The number of para-hydroxylation sites is 1. The Balaban J connectivity index is 1.75. The van der Waals surface area contributed by atoms with Gasteiger partial charge in [0.2, 0.25) is 0 Å². The summed E-state index contributed by atoms with van der Waals surface area (Å²) in [5.41, 5.74) is 1.20. The third kappa shape index (κ3) is 3.93. The number of aromatic nitrogens is 1. The summed E-state index contributed by atoms with van der Waals surface area (Å²) in [6.45, 7) is 0. The molecule has 2 N–H and O–H groups in total. The van der Waals surface area contributed by atoms with E-state index >= 15 is 0 Å². The molecule has 2 aromatic rings. The van der Waals surface area contributed by atoms with Crippen LogP contribution in [0.5, 0.6) is 11.5 Å². The van der Waals surface area contributed by atoms with Crippen molar-refractivity contribution in [2.45, 2.75) is 37.8 Å². The lowest BCUT2D eigenvalue weighted by Crippen LogP contribution is -2.38. The number of hydrogen-bond acceptors (Lipinski definition) is 6. The van der Waals surface area contributed by atoms with Gasteiger partial charge in [-0.15, -0.1) is 11.3 Å². The first-order valence-electron chi connectivity index (χ1n) is 8.28. The van der Waals surface area contributed by atoms with Crippen LogP contribution in [0.25, 0.3) is 10.6 Å². The molecule has 3 rings (SSSR count). The molecule has 1 heterocycles. The fourth-order valence-corrected chi connectivity index (χ4v) is 3.86. The molecule has 0 radical (unpaired) electrons. The van der Waals surface area contributed by atoms with Crippen LogP contribution in [0.3, 0.4) is 0 Å². The van der Waals surface area contributed by atoms with E-state index < -0.39 is 0 Å². The van der Waals surface area contributed by atoms with E-state index in [-0.39, 0.29) is 18.1 Å². The second kappa shape index (κ2) is 7.84. The van der Waals surface area contributed by atoms with E-state index in [0.717, 1.165) is 31.2 Å². The molecular formula is C18H22N2O4S. The van der Waals surface area contributed by atoms with Gasteiger partial charge in [-0.25, -0.2) is 4.98 Å². The number of rotatable bonds is 5. The van der Waals surface area contributed by atoms with Crippen molar-refractivity contribution < 1.29 is 19.4 Å². The molecule has 0 bridgehead atoms. The average molecular weight is 362 g/mol. The van der Waals surface area contributed by atoms with Crippen molar-refractivity contribution in [1.29, 1.82) is 0 Å². The normalized spacial score (nSPS) is 20.1. The molecule has 0 atom stereocenters. The van der Waals surface area contributed by atoms with E-state index in [1.807, 2.05) is 18.2 Å². The van der Waals surface area contributed by atoms with E-state index in [0.29, 0.717) is 22.2 Å². The highest BCUT2D eigenvalue weighted by atomic mass is 32.1. The third-order valence-corrected chi connectivity index (χ3v) is 5.28. The maximum Gasteiger partial charge on any atom is 0.270 e. The second-order valence-electron chi connectivity index (χ2n) is 6.06. The highest BCUT2D eigenvalue weighted by Crippen LogP contribution is 2.38. The van der Waals surface area contributed by atoms with Gasteiger partial charge in [0, 0.05) is 11.4 Å². The minimum absolute atomic E-state index is 0.104. The van der Waals surface area contributed by atoms with Gasteiger partial charge in [0.1, 0.15) is 10.7 Å². The lowest BCUT2D eigenvalue weighted by molar-refractivity contribution is 0.0864. The number of carbonyl (C=O) groups excluding carboxylic acids is 1. The van der Waals surface area contributed by atoms with Crippen molar-refractivity contribution in [3.05, 3.63) is 29.3 Å². The molecule has 1 aromatic heterocycles. The van der Waals surface area contributed by atoms with Crippen LogP contribution >= 0.6 is 11.3 Å². The summed E-state index contributed by atoms with van der Waals surface area (Å²) in [6, 6.07) is 5.68. The average Bonchev–Trinajstić information content (AvgIpc) is 3.13. The van der Waals surface area contributed by atoms with Crippen LogP contribution < -0.4 is 14.8 Å². The molecule has 134 valence electrons. The van der Waals surface area contributed by atoms with Crippen molar-refractivity contribution in [1.82, 2.24) is 10.3 Å². The first-order chi connectivity index (χ1) is 12.1. The minimum Gasteiger partial charge on any atom is -0.493 e. The van der Waals surface area contributed by atoms with Crippen LogP contribution in [0.1, 0.15) is 36.2 Å². The lowest BCUT2D eigenvalue weighted by Gasteiger charge is -2.25. The van der Waals surface area contributed by atoms with Gasteiger partial charge in [-0.05, 0) is 37.8 Å². The maximum absolute atomic E-state index is 12.4. The molecule has 0 aliphatic heterocycles. The number of benzene rings is 1. The van der Waals surface area contributed by atoms with E-state index in [4.69, 9.17) is 9.47 Å². The summed E-state index contributed by atoms with van der Waals surface area (Å²) < 4.78 is 10.8. The van der Waals surface area contributed by atoms with E-state index in [2.05, 4.69) is 10.3 Å². The van der Waals surface area contributed by atoms with Gasteiger partial charge in [0.15, 0.2) is 11.5 Å². The summed E-state index contributed by atoms with van der Waals surface area (Å²) in [5, 5.41) is 15.0. The molecule has 1 aromatic carbocycles. The second-order valence-corrected chi connectivity index (χ2v) is 6.92. The first kappa shape index (κ1) is 17.7. The number of aliphatic hydroxyl groups is 1. The van der Waals surface area contributed by atoms with Crippen LogP contribution in [0.2, 0.25) is 0 Å². The van der Waals surface area contributed by atoms with Gasteiger partial charge in [0.25, 0.3) is 5.91 Å². The number of nitrogens with one attached hydrogen (secondary N) is 1. The molecule has 0 spiro atoms. The van der Waals surface area contributed by atoms with Crippen LogP contribution in [0, 0.1) is 0 Å². The topological polar surface area (TPSA) is 80.7 Å². The molecule has 6 nitrogen and oxygen atoms in total. The van der Waals surface area contributed by atoms with Gasteiger partial charge < -0.3 is 19.9 Å². The monoisotopic (exact) mass is 362 g/mol. The van der Waals surface area contributed by atoms with Gasteiger partial charge in [-0.3, -0.25) is 4.79 Å². The predicted octanol–water partition coefficient (Wildman–Crippen LogP) is 2.86. The SMILES string of the molecule is COc1cccc(-c2nc(C(=O)NC3CCC(O)CC3)cs2)c1OC. The highest BCUT2D eigenvalue weighted by molar-refractivity contribution is 7.13. The number of carbonyl (C=O) groups is 1. The Labute approximate surface area is 150 Å². The standard InChI is InChI=1S/C18H22N2O4S/c1-23-15-5-3-4-13(16(15)24-2)18-20-14(10-25-18)17(22)19-11-6-8-12(21)9-7-11/h3-5,10-12,21H,6-9H2,1-2H3,(H,19,22). The Hall–Kier alpha value is -2.12. The molecule has 1 saturated carbocycles. The zero-order valence-corrected chi connectivity index (χ0v) is 15.1. The van der Waals surface area contributed by atoms with Crippen molar-refractivity contribution in [3.8, 4) is 22.1 Å². The van der Waals surface area contributed by atoms with Crippen LogP contribution in [0.4, 0.5) is 0 Å². The molecule has 0 saturated heterocycles. The first-order valence-corrected chi connectivity index (χ1v) is 9.16. The highest BCUT2D eigenvalue weighted by Gasteiger charge is 2.23. The van der Waals surface area contributed by atoms with Gasteiger partial charge in [0.05, 0.1) is 25.9 Å². The molecule has 7 heteroatoms. The Morgan fingerprint density at radius 1 is 1.24 bits per heavy atom. The summed E-state index contributed by atoms with van der Waals surface area (Å²) in [5.74, 6) is 1.06. The number of methoxy groups -OCH3 is 2. The number of aliphatic hydroxyl groups excluding tert-OH is 1. The van der Waals surface area contributed by atoms with E-state index in [1.54, 1.807) is 19.6 Å². The Morgan fingerprint density at radius 3 is 2.68 bits per heavy atom. The zero-order chi connectivity index (χ0) is 17.8. The van der Waals surface area contributed by atoms with Crippen molar-refractivity contribution in [2.75, 3.05) is 14.2 Å². The number of hydrogen-bond donors (Lipinski definition) is 2. The van der Waals surface area contributed by atoms with Gasteiger partial charge in [-0.1, -0.05) is 6.07 Å². The summed E-state index contributed by atoms with van der Waals surface area (Å²) in [7, 11) is 3.17. The minimum atomic E-state index is -0.237. The summed E-state index contributed by atoms with van der Waals surface area (Å²) in [6.07, 6.45) is 2.82. The van der Waals surface area contributed by atoms with Gasteiger partial charge in [-0.2, -0.15) is 0 Å². The Morgan fingerprint density at radius 2 is 2.00 bits per heavy atom. The molecular weight excluding hydrogens is 340 g/mol. The molecule has 1 aliphatic rings. The smallest absolute Gasteiger partial charge is 0.270 e. The van der Waals surface area contributed by atoms with Crippen LogP contribution in [-0.4, -0.2) is 42.4 Å².